The molecule has 1 saturated heterocycles. The van der Waals surface area contributed by atoms with Crippen LogP contribution in [0.15, 0.2) is 12.2 Å². The van der Waals surface area contributed by atoms with Crippen molar-refractivity contribution in [1.29, 1.82) is 0 Å². The average Bonchev–Trinajstić information content (AvgIpc) is 2.71. The van der Waals surface area contributed by atoms with Crippen molar-refractivity contribution in [3.8, 4) is 0 Å². The minimum absolute atomic E-state index is 0. The molecule has 2 unspecified atom stereocenters. The first-order valence-electron chi connectivity index (χ1n) is 6.53. The van der Waals surface area contributed by atoms with Crippen LogP contribution in [0.2, 0.25) is 0 Å². The van der Waals surface area contributed by atoms with Gasteiger partial charge in [-0.2, -0.15) is 26.3 Å². The average molecular weight is 497 g/mol. The zero-order valence-corrected chi connectivity index (χ0v) is 16.2. The van der Waals surface area contributed by atoms with Crippen molar-refractivity contribution in [1.82, 2.24) is 4.31 Å². The quantitative estimate of drug-likeness (QED) is 0.134. The molecule has 0 saturated carbocycles. The second-order valence-corrected chi connectivity index (χ2v) is 8.70. The number of amides is 2. The number of alkyl halides is 10. The zero-order chi connectivity index (χ0) is 20.7. The Morgan fingerprint density at radius 1 is 0.926 bits per heavy atom. The van der Waals surface area contributed by atoms with Crippen LogP contribution in [0, 0.1) is 11.8 Å². The first-order chi connectivity index (χ1) is 11.8. The molecule has 27 heavy (non-hydrogen) atoms. The van der Waals surface area contributed by atoms with Crippen LogP contribution in [0.25, 0.3) is 0 Å². The van der Waals surface area contributed by atoms with E-state index >= 15 is 0 Å². The van der Waals surface area contributed by atoms with Crippen molar-refractivity contribution < 1.29 is 35.9 Å². The summed E-state index contributed by atoms with van der Waals surface area (Å²) < 4.78 is 57.4. The summed E-state index contributed by atoms with van der Waals surface area (Å²) in [4.78, 5) is 23.1. The summed E-state index contributed by atoms with van der Waals surface area (Å²) in [5, 5.41) is 0. The molecule has 1 fully saturated rings. The number of carbonyl (C=O) groups excluding carboxylic acids is 2. The van der Waals surface area contributed by atoms with E-state index in [1.165, 1.54) is 0 Å². The second kappa shape index (κ2) is 13.7. The Hall–Kier alpha value is 0.567. The van der Waals surface area contributed by atoms with Crippen LogP contribution in [0.4, 0.5) is 26.3 Å². The molecular weight excluding hydrogens is 485 g/mol. The monoisotopic (exact) mass is 495 g/mol. The number of hydrogen-bond donors (Lipinski definition) is 0. The first-order valence-corrected chi connectivity index (χ1v) is 8.93. The van der Waals surface area contributed by atoms with Gasteiger partial charge in [-0.05, 0) is 12.8 Å². The van der Waals surface area contributed by atoms with E-state index in [1.807, 2.05) is 12.2 Å². The van der Waals surface area contributed by atoms with Crippen LogP contribution in [-0.4, -0.2) is 56.8 Å². The van der Waals surface area contributed by atoms with Crippen molar-refractivity contribution in [2.75, 3.05) is 0 Å². The number of rotatable bonds is 3. The van der Waals surface area contributed by atoms with Crippen molar-refractivity contribution in [2.45, 2.75) is 34.7 Å². The maximum atomic E-state index is 12.1. The number of fused-ring (bicyclic) bond motifs is 1. The van der Waals surface area contributed by atoms with E-state index in [-0.39, 0.29) is 42.5 Å². The standard InChI is InChI=1S/C10H9Cl4NO2S.2CHF3.Li.H/c11-9(12)10(13,14)18-15-7(16)5-3-1-2-4-6(5)8(15)17;2*2-1(3)4;;/h1-2,5-6,9H,3-4H2;2*1H;;. The normalized spacial score (nSPS) is 21.4. The van der Waals surface area contributed by atoms with Crippen molar-refractivity contribution in [3.05, 3.63) is 12.2 Å². The summed E-state index contributed by atoms with van der Waals surface area (Å²) in [6, 6.07) is 0. The maximum absolute atomic E-state index is 12.1. The van der Waals surface area contributed by atoms with E-state index in [4.69, 9.17) is 46.4 Å². The van der Waals surface area contributed by atoms with Crippen molar-refractivity contribution >= 4 is 89.0 Å². The van der Waals surface area contributed by atoms with E-state index in [2.05, 4.69) is 0 Å². The molecule has 0 spiro atoms. The molecule has 3 nitrogen and oxygen atoms in total. The van der Waals surface area contributed by atoms with Crippen LogP contribution in [0.5, 0.6) is 0 Å². The Labute approximate surface area is 187 Å². The molecule has 154 valence electrons. The SMILES string of the molecule is FC(F)F.FC(F)F.O=C1C2CC=CCC2C(=O)N1SC(Cl)(Cl)C(Cl)Cl.[LiH]. The summed E-state index contributed by atoms with van der Waals surface area (Å²) in [5.74, 6) is -1.19. The van der Waals surface area contributed by atoms with Gasteiger partial charge in [-0.1, -0.05) is 35.4 Å². The van der Waals surface area contributed by atoms with Gasteiger partial charge in [0.2, 0.25) is 15.5 Å². The molecule has 1 aliphatic heterocycles. The van der Waals surface area contributed by atoms with Gasteiger partial charge in [-0.15, -0.1) is 23.2 Å². The van der Waals surface area contributed by atoms with E-state index in [1.54, 1.807) is 0 Å². The zero-order valence-electron chi connectivity index (χ0n) is 12.4. The number of nitrogens with zero attached hydrogens (tertiary/aromatic N) is 1. The van der Waals surface area contributed by atoms with E-state index in [9.17, 15) is 35.9 Å². The number of imide groups is 1. The summed E-state index contributed by atoms with van der Waals surface area (Å²) in [6.45, 7) is -7.33. The molecule has 1 heterocycles. The molecule has 0 N–H and O–H groups in total. The Bertz CT molecular complexity index is 481. The van der Waals surface area contributed by atoms with Crippen molar-refractivity contribution in [3.63, 3.8) is 0 Å². The molecule has 0 bridgehead atoms. The van der Waals surface area contributed by atoms with Gasteiger partial charge in [0.05, 0.1) is 11.8 Å². The molecule has 1 aliphatic carbocycles. The third kappa shape index (κ3) is 10.8. The fourth-order valence-electron chi connectivity index (χ4n) is 2.02. The fourth-order valence-corrected chi connectivity index (χ4v) is 3.45. The number of halogens is 10. The van der Waals surface area contributed by atoms with Crippen LogP contribution >= 0.6 is 58.4 Å². The topological polar surface area (TPSA) is 37.4 Å². The summed E-state index contributed by atoms with van der Waals surface area (Å²) in [7, 11) is 0. The van der Waals surface area contributed by atoms with Crippen LogP contribution in [0.3, 0.4) is 0 Å². The van der Waals surface area contributed by atoms with Gasteiger partial charge in [0, 0.05) is 11.9 Å². The van der Waals surface area contributed by atoms with Crippen LogP contribution in [-0.2, 0) is 9.59 Å². The minimum atomic E-state index is -3.67. The van der Waals surface area contributed by atoms with Gasteiger partial charge in [0.25, 0.3) is 0 Å². The number of allylic oxidation sites excluding steroid dienone is 2. The molecule has 2 aliphatic rings. The van der Waals surface area contributed by atoms with E-state index < -0.39 is 21.9 Å². The molecular formula is C12H12Cl4F6LiNO2S. The third-order valence-electron chi connectivity index (χ3n) is 2.93. The Kier molecular flexibility index (Phi) is 15.1. The number of hydrogen-bond acceptors (Lipinski definition) is 3. The predicted octanol–water partition coefficient (Wildman–Crippen LogP) is 5.23. The molecule has 2 amide bonds. The Balaban J connectivity index is 0. The summed E-state index contributed by atoms with van der Waals surface area (Å²) >= 11 is 23.7. The fraction of sp³-hybridized carbons (Fsp3) is 0.667. The number of carbonyl (C=O) groups is 2. The molecule has 2 atom stereocenters. The van der Waals surface area contributed by atoms with Gasteiger partial charge in [-0.25, -0.2) is 4.31 Å². The molecule has 0 aromatic rings. The van der Waals surface area contributed by atoms with Crippen molar-refractivity contribution in [2.24, 2.45) is 11.8 Å². The van der Waals surface area contributed by atoms with Gasteiger partial charge >= 0.3 is 32.2 Å². The van der Waals surface area contributed by atoms with Gasteiger partial charge < -0.3 is 0 Å². The van der Waals surface area contributed by atoms with Gasteiger partial charge in [-0.3, -0.25) is 9.59 Å². The predicted molar refractivity (Wildman–Crippen MR) is 96.1 cm³/mol. The van der Waals surface area contributed by atoms with Gasteiger partial charge in [0.1, 0.15) is 0 Å². The molecule has 2 rings (SSSR count). The molecule has 0 radical (unpaired) electrons. The Morgan fingerprint density at radius 2 is 1.22 bits per heavy atom. The van der Waals surface area contributed by atoms with Crippen LogP contribution < -0.4 is 0 Å². The van der Waals surface area contributed by atoms with E-state index in [0.29, 0.717) is 24.8 Å². The Morgan fingerprint density at radius 3 is 1.48 bits per heavy atom. The second-order valence-electron chi connectivity index (χ2n) is 4.58. The van der Waals surface area contributed by atoms with Gasteiger partial charge in [0.15, 0.2) is 4.84 Å². The van der Waals surface area contributed by atoms with Crippen LogP contribution in [0.1, 0.15) is 12.8 Å². The molecule has 15 heteroatoms. The molecule has 0 aromatic carbocycles. The van der Waals surface area contributed by atoms with E-state index in [0.717, 1.165) is 4.31 Å². The summed E-state index contributed by atoms with van der Waals surface area (Å²) in [5.41, 5.74) is 0. The molecule has 0 aromatic heterocycles. The summed E-state index contributed by atoms with van der Waals surface area (Å²) in [6.07, 6.45) is 4.94. The third-order valence-corrected chi connectivity index (χ3v) is 6.17. The first kappa shape index (κ1) is 29.8.